The molecule has 3 rings (SSSR count). The van der Waals surface area contributed by atoms with Crippen LogP contribution in [-0.4, -0.2) is 21.8 Å². The van der Waals surface area contributed by atoms with Gasteiger partial charge in [-0.05, 0) is 48.9 Å². The van der Waals surface area contributed by atoms with Gasteiger partial charge in [0.2, 0.25) is 5.91 Å². The molecule has 0 unspecified atom stereocenters. The molecular weight excluding hydrogens is 478 g/mol. The van der Waals surface area contributed by atoms with Crippen LogP contribution in [0.25, 0.3) is 6.08 Å². The first-order chi connectivity index (χ1) is 16.3. The molecule has 6 nitrogen and oxygen atoms in total. The zero-order valence-electron chi connectivity index (χ0n) is 17.8. The van der Waals surface area contributed by atoms with Crippen LogP contribution in [0.15, 0.2) is 61.2 Å². The van der Waals surface area contributed by atoms with E-state index in [0.717, 1.165) is 0 Å². The number of hydrogen-bond donors (Lipinski definition) is 2. The van der Waals surface area contributed by atoms with Crippen LogP contribution < -0.4 is 10.6 Å². The van der Waals surface area contributed by atoms with Crippen molar-refractivity contribution in [2.75, 3.05) is 10.6 Å². The summed E-state index contributed by atoms with van der Waals surface area (Å²) in [6.07, 6.45) is -3.18. The van der Waals surface area contributed by atoms with Crippen LogP contribution in [0, 0.1) is 6.92 Å². The second-order valence-corrected chi connectivity index (χ2v) is 7.27. The van der Waals surface area contributed by atoms with Crippen LogP contribution in [0.1, 0.15) is 32.6 Å². The molecule has 0 radical (unpaired) electrons. The minimum Gasteiger partial charge on any atom is -0.322 e. The molecule has 1 heterocycles. The van der Waals surface area contributed by atoms with Crippen molar-refractivity contribution in [1.82, 2.24) is 9.97 Å². The second kappa shape index (κ2) is 9.95. The molecular formula is C23H16F6N4O2. The number of aromatic nitrogens is 2. The monoisotopic (exact) mass is 494 g/mol. The quantitative estimate of drug-likeness (QED) is 0.351. The van der Waals surface area contributed by atoms with Gasteiger partial charge in [-0.15, -0.1) is 0 Å². The minimum atomic E-state index is -5.05. The number of nitrogens with one attached hydrogen (secondary N) is 2. The number of amides is 2. The largest absolute Gasteiger partial charge is 0.416 e. The zero-order chi connectivity index (χ0) is 25.8. The van der Waals surface area contributed by atoms with Crippen molar-refractivity contribution in [2.45, 2.75) is 19.3 Å². The average Bonchev–Trinajstić information content (AvgIpc) is 2.78. The Bertz CT molecular complexity index is 1240. The van der Waals surface area contributed by atoms with E-state index in [1.54, 1.807) is 6.92 Å². The van der Waals surface area contributed by atoms with Gasteiger partial charge in [-0.3, -0.25) is 9.59 Å². The molecule has 0 aliphatic heterocycles. The number of nitrogens with zero attached hydrogens (tertiary/aromatic N) is 2. The first-order valence-electron chi connectivity index (χ1n) is 9.78. The van der Waals surface area contributed by atoms with E-state index in [0.29, 0.717) is 23.3 Å². The highest BCUT2D eigenvalue weighted by atomic mass is 19.4. The van der Waals surface area contributed by atoms with E-state index in [9.17, 15) is 35.9 Å². The molecule has 2 aromatic carbocycles. The van der Waals surface area contributed by atoms with Crippen LogP contribution in [0.4, 0.5) is 37.7 Å². The molecule has 0 saturated carbocycles. The molecule has 0 saturated heterocycles. The normalized spacial score (nSPS) is 12.0. The lowest BCUT2D eigenvalue weighted by Crippen LogP contribution is -2.16. The van der Waals surface area contributed by atoms with E-state index >= 15 is 0 Å². The molecule has 35 heavy (non-hydrogen) atoms. The van der Waals surface area contributed by atoms with Crippen LogP contribution in [0.2, 0.25) is 0 Å². The molecule has 182 valence electrons. The third-order valence-electron chi connectivity index (χ3n) is 4.61. The average molecular weight is 494 g/mol. The van der Waals surface area contributed by atoms with Crippen molar-refractivity contribution in [3.63, 3.8) is 0 Å². The number of carbonyl (C=O) groups is 2. The van der Waals surface area contributed by atoms with Crippen LogP contribution in [0.3, 0.4) is 0 Å². The Hall–Kier alpha value is -4.22. The van der Waals surface area contributed by atoms with Crippen molar-refractivity contribution in [3.8, 4) is 0 Å². The highest BCUT2D eigenvalue weighted by molar-refractivity contribution is 6.07. The number of anilines is 2. The molecule has 0 aliphatic carbocycles. The molecule has 2 N–H and O–H groups in total. The predicted molar refractivity (Wildman–Crippen MR) is 115 cm³/mol. The fourth-order valence-corrected chi connectivity index (χ4v) is 2.87. The molecule has 1 aromatic heterocycles. The summed E-state index contributed by atoms with van der Waals surface area (Å²) >= 11 is 0. The van der Waals surface area contributed by atoms with Crippen molar-refractivity contribution in [3.05, 3.63) is 89.0 Å². The van der Waals surface area contributed by atoms with Crippen molar-refractivity contribution in [1.29, 1.82) is 0 Å². The summed E-state index contributed by atoms with van der Waals surface area (Å²) < 4.78 is 78.3. The minimum absolute atomic E-state index is 0.0374. The third-order valence-corrected chi connectivity index (χ3v) is 4.61. The highest BCUT2D eigenvalue weighted by Gasteiger charge is 2.37. The molecule has 0 fully saturated rings. The first kappa shape index (κ1) is 25.4. The van der Waals surface area contributed by atoms with Gasteiger partial charge in [-0.2, -0.15) is 26.3 Å². The summed E-state index contributed by atoms with van der Waals surface area (Å²) in [5.74, 6) is -1.52. The van der Waals surface area contributed by atoms with Crippen molar-refractivity contribution in [2.24, 2.45) is 0 Å². The van der Waals surface area contributed by atoms with Gasteiger partial charge >= 0.3 is 12.4 Å². The third kappa shape index (κ3) is 6.88. The molecule has 2 amide bonds. The fourth-order valence-electron chi connectivity index (χ4n) is 2.87. The molecule has 12 heteroatoms. The number of aryl methyl sites for hydroxylation is 1. The van der Waals surface area contributed by atoms with E-state index < -0.39 is 41.0 Å². The van der Waals surface area contributed by atoms with Crippen LogP contribution in [0.5, 0.6) is 0 Å². The number of carbonyl (C=O) groups excluding carboxylic acids is 2. The number of alkyl halides is 6. The van der Waals surface area contributed by atoms with Gasteiger partial charge in [0.25, 0.3) is 5.91 Å². The van der Waals surface area contributed by atoms with Gasteiger partial charge in [-0.25, -0.2) is 9.97 Å². The highest BCUT2D eigenvalue weighted by Crippen LogP contribution is 2.37. The predicted octanol–water partition coefficient (Wildman–Crippen LogP) is 5.73. The van der Waals surface area contributed by atoms with Gasteiger partial charge in [0, 0.05) is 41.0 Å². The Morgan fingerprint density at radius 2 is 1.46 bits per heavy atom. The van der Waals surface area contributed by atoms with Crippen LogP contribution >= 0.6 is 0 Å². The summed E-state index contributed by atoms with van der Waals surface area (Å²) in [6.45, 7) is 1.63. The Morgan fingerprint density at radius 1 is 0.857 bits per heavy atom. The lowest BCUT2D eigenvalue weighted by atomic mass is 10.1. The summed E-state index contributed by atoms with van der Waals surface area (Å²) in [5.41, 5.74) is -2.56. The van der Waals surface area contributed by atoms with Crippen molar-refractivity contribution < 1.29 is 35.9 Å². The maximum Gasteiger partial charge on any atom is 0.416 e. The van der Waals surface area contributed by atoms with E-state index in [4.69, 9.17) is 0 Å². The van der Waals surface area contributed by atoms with Gasteiger partial charge in [-0.1, -0.05) is 6.07 Å². The lowest BCUT2D eigenvalue weighted by Gasteiger charge is -2.15. The number of halogens is 6. The zero-order valence-corrected chi connectivity index (χ0v) is 17.8. The van der Waals surface area contributed by atoms with E-state index in [-0.39, 0.29) is 17.3 Å². The van der Waals surface area contributed by atoms with Gasteiger partial charge in [0.05, 0.1) is 11.1 Å². The standard InChI is InChI=1S/C23H16F6N4O2/c1-13-2-4-15(6-19(13)33-20(34)5-3-14-10-30-12-31-11-14)21(35)32-18-8-16(22(24,25)26)7-17(9-18)23(27,28)29/h2-12H,1H3,(H,32,35)(H,33,34)/b5-3+. The summed E-state index contributed by atoms with van der Waals surface area (Å²) in [6, 6.07) is 4.80. The Labute approximate surface area is 194 Å². The van der Waals surface area contributed by atoms with E-state index in [1.165, 1.54) is 49.1 Å². The summed E-state index contributed by atoms with van der Waals surface area (Å²) in [4.78, 5) is 32.4. The second-order valence-electron chi connectivity index (χ2n) is 7.27. The SMILES string of the molecule is Cc1ccc(C(=O)Nc2cc(C(F)(F)F)cc(C(F)(F)F)c2)cc1NC(=O)/C=C/c1cncnc1. The maximum atomic E-state index is 13.1. The molecule has 0 bridgehead atoms. The van der Waals surface area contributed by atoms with E-state index in [2.05, 4.69) is 20.6 Å². The van der Waals surface area contributed by atoms with E-state index in [1.807, 2.05) is 0 Å². The summed E-state index contributed by atoms with van der Waals surface area (Å²) in [7, 11) is 0. The number of benzene rings is 2. The number of hydrogen-bond acceptors (Lipinski definition) is 4. The Morgan fingerprint density at radius 3 is 2.03 bits per heavy atom. The fraction of sp³-hybridized carbons (Fsp3) is 0.130. The van der Waals surface area contributed by atoms with Gasteiger partial charge < -0.3 is 10.6 Å². The summed E-state index contributed by atoms with van der Waals surface area (Å²) in [5, 5.41) is 4.60. The first-order valence-corrected chi connectivity index (χ1v) is 9.78. The smallest absolute Gasteiger partial charge is 0.322 e. The van der Waals surface area contributed by atoms with Gasteiger partial charge in [0.1, 0.15) is 6.33 Å². The number of rotatable bonds is 5. The lowest BCUT2D eigenvalue weighted by molar-refractivity contribution is -0.143. The topological polar surface area (TPSA) is 84.0 Å². The Kier molecular flexibility index (Phi) is 7.22. The molecule has 0 atom stereocenters. The molecule has 0 spiro atoms. The maximum absolute atomic E-state index is 13.1. The molecule has 0 aliphatic rings. The Balaban J connectivity index is 1.81. The van der Waals surface area contributed by atoms with Crippen LogP contribution in [-0.2, 0) is 17.1 Å². The van der Waals surface area contributed by atoms with Gasteiger partial charge in [0.15, 0.2) is 0 Å². The van der Waals surface area contributed by atoms with Crippen molar-refractivity contribution >= 4 is 29.3 Å². The molecule has 3 aromatic rings.